The number of imidazole rings is 1. The van der Waals surface area contributed by atoms with E-state index in [1.54, 1.807) is 35.3 Å². The van der Waals surface area contributed by atoms with Crippen LogP contribution in [0.3, 0.4) is 0 Å². The van der Waals surface area contributed by atoms with Gasteiger partial charge in [0.2, 0.25) is 0 Å². The Morgan fingerprint density at radius 1 is 1.16 bits per heavy atom. The van der Waals surface area contributed by atoms with Crippen LogP contribution in [-0.2, 0) is 4.74 Å². The summed E-state index contributed by atoms with van der Waals surface area (Å²) in [6, 6.07) is 2.04. The summed E-state index contributed by atoms with van der Waals surface area (Å²) in [4.78, 5) is 36.5. The van der Waals surface area contributed by atoms with Crippen molar-refractivity contribution >= 4 is 23.2 Å². The molecule has 0 radical (unpaired) electrons. The Morgan fingerprint density at radius 3 is 2.48 bits per heavy atom. The van der Waals surface area contributed by atoms with E-state index in [2.05, 4.69) is 23.8 Å². The molecule has 3 heterocycles. The summed E-state index contributed by atoms with van der Waals surface area (Å²) in [5.41, 5.74) is 2.01. The van der Waals surface area contributed by atoms with Crippen LogP contribution in [-0.4, -0.2) is 69.1 Å². The van der Waals surface area contributed by atoms with Gasteiger partial charge >= 0.3 is 6.09 Å². The molecule has 0 N–H and O–H groups in total. The van der Waals surface area contributed by atoms with E-state index in [9.17, 15) is 9.59 Å². The Bertz CT molecular complexity index is 778. The van der Waals surface area contributed by atoms with E-state index in [4.69, 9.17) is 4.74 Å². The molecular formula is C17H23N5O3. The molecule has 0 bridgehead atoms. The Balaban J connectivity index is 1.70. The lowest BCUT2D eigenvalue weighted by Gasteiger charge is -2.34. The van der Waals surface area contributed by atoms with E-state index < -0.39 is 0 Å². The number of rotatable bonds is 3. The van der Waals surface area contributed by atoms with Crippen LogP contribution in [0.25, 0.3) is 11.2 Å². The summed E-state index contributed by atoms with van der Waals surface area (Å²) in [7, 11) is 0. The highest BCUT2D eigenvalue weighted by atomic mass is 16.6. The number of aromatic nitrogens is 3. The van der Waals surface area contributed by atoms with Crippen molar-refractivity contribution in [3.8, 4) is 0 Å². The smallest absolute Gasteiger partial charge is 0.409 e. The second kappa shape index (κ2) is 7.08. The Hall–Kier alpha value is -2.64. The molecule has 2 aromatic heterocycles. The fourth-order valence-electron chi connectivity index (χ4n) is 2.90. The first-order valence-electron chi connectivity index (χ1n) is 8.54. The zero-order chi connectivity index (χ0) is 18.0. The average molecular weight is 345 g/mol. The van der Waals surface area contributed by atoms with Gasteiger partial charge in [0.05, 0.1) is 18.5 Å². The van der Waals surface area contributed by atoms with E-state index in [0.717, 1.165) is 5.65 Å². The van der Waals surface area contributed by atoms with Gasteiger partial charge < -0.3 is 19.1 Å². The standard InChI is InChI=1S/C17H23N5O3/c1-4-25-17(24)21-7-5-20(6-8-21)16(23)13-9-14-15(18-10-13)22(11-19-14)12(2)3/h9-12H,4-8H2,1-3H3. The zero-order valence-corrected chi connectivity index (χ0v) is 14.8. The minimum Gasteiger partial charge on any atom is -0.450 e. The second-order valence-electron chi connectivity index (χ2n) is 6.29. The maximum atomic E-state index is 12.7. The Kier molecular flexibility index (Phi) is 4.87. The summed E-state index contributed by atoms with van der Waals surface area (Å²) in [5.74, 6) is -0.0861. The van der Waals surface area contributed by atoms with Crippen molar-refractivity contribution in [1.29, 1.82) is 0 Å². The summed E-state index contributed by atoms with van der Waals surface area (Å²) < 4.78 is 6.97. The van der Waals surface area contributed by atoms with Crippen LogP contribution in [0.15, 0.2) is 18.6 Å². The lowest BCUT2D eigenvalue weighted by molar-refractivity contribution is 0.0570. The van der Waals surface area contributed by atoms with Crippen LogP contribution >= 0.6 is 0 Å². The van der Waals surface area contributed by atoms with Crippen molar-refractivity contribution in [2.24, 2.45) is 0 Å². The Labute approximate surface area is 146 Å². The first-order valence-corrected chi connectivity index (χ1v) is 8.54. The molecule has 1 aliphatic heterocycles. The van der Waals surface area contributed by atoms with Crippen LogP contribution in [0.5, 0.6) is 0 Å². The van der Waals surface area contributed by atoms with Crippen LogP contribution < -0.4 is 0 Å². The number of carbonyl (C=O) groups excluding carboxylic acids is 2. The lowest BCUT2D eigenvalue weighted by Crippen LogP contribution is -2.50. The number of nitrogens with zero attached hydrogens (tertiary/aromatic N) is 5. The molecule has 1 saturated heterocycles. The van der Waals surface area contributed by atoms with Crippen molar-refractivity contribution in [3.63, 3.8) is 0 Å². The number of amides is 2. The van der Waals surface area contributed by atoms with Gasteiger partial charge in [-0.05, 0) is 26.8 Å². The quantitative estimate of drug-likeness (QED) is 0.849. The molecule has 8 heteroatoms. The number of pyridine rings is 1. The lowest BCUT2D eigenvalue weighted by atomic mass is 10.2. The van der Waals surface area contributed by atoms with E-state index >= 15 is 0 Å². The summed E-state index contributed by atoms with van der Waals surface area (Å²) in [6.07, 6.45) is 3.02. The van der Waals surface area contributed by atoms with E-state index in [0.29, 0.717) is 43.9 Å². The van der Waals surface area contributed by atoms with Gasteiger partial charge in [-0.15, -0.1) is 0 Å². The topological polar surface area (TPSA) is 80.6 Å². The molecule has 0 aliphatic carbocycles. The zero-order valence-electron chi connectivity index (χ0n) is 14.8. The van der Waals surface area contributed by atoms with Crippen molar-refractivity contribution in [3.05, 3.63) is 24.2 Å². The van der Waals surface area contributed by atoms with Gasteiger partial charge in [0.25, 0.3) is 5.91 Å². The van der Waals surface area contributed by atoms with Gasteiger partial charge in [0, 0.05) is 38.4 Å². The monoisotopic (exact) mass is 345 g/mol. The van der Waals surface area contributed by atoms with E-state index in [1.165, 1.54) is 0 Å². The fraction of sp³-hybridized carbons (Fsp3) is 0.529. The second-order valence-corrected chi connectivity index (χ2v) is 6.29. The molecule has 0 unspecified atom stereocenters. The molecule has 1 aliphatic rings. The number of hydrogen-bond donors (Lipinski definition) is 0. The highest BCUT2D eigenvalue weighted by Gasteiger charge is 2.26. The number of hydrogen-bond acceptors (Lipinski definition) is 5. The molecule has 134 valence electrons. The highest BCUT2D eigenvalue weighted by molar-refractivity contribution is 5.96. The minimum absolute atomic E-state index is 0.0861. The third-order valence-corrected chi connectivity index (χ3v) is 4.31. The predicted octanol–water partition coefficient (Wildman–Crippen LogP) is 1.93. The molecule has 0 aromatic carbocycles. The summed E-state index contributed by atoms with van der Waals surface area (Å²) in [5, 5.41) is 0. The van der Waals surface area contributed by atoms with E-state index in [1.807, 2.05) is 4.57 Å². The maximum Gasteiger partial charge on any atom is 0.409 e. The van der Waals surface area contributed by atoms with Crippen molar-refractivity contribution in [2.45, 2.75) is 26.8 Å². The predicted molar refractivity (Wildman–Crippen MR) is 92.4 cm³/mol. The first kappa shape index (κ1) is 17.2. The first-order chi connectivity index (χ1) is 12.0. The van der Waals surface area contributed by atoms with Crippen molar-refractivity contribution in [2.75, 3.05) is 32.8 Å². The van der Waals surface area contributed by atoms with Crippen molar-refractivity contribution in [1.82, 2.24) is 24.3 Å². The Morgan fingerprint density at radius 2 is 1.84 bits per heavy atom. The highest BCUT2D eigenvalue weighted by Crippen LogP contribution is 2.17. The van der Waals surface area contributed by atoms with Crippen LogP contribution in [0.2, 0.25) is 0 Å². The van der Waals surface area contributed by atoms with Crippen LogP contribution in [0.4, 0.5) is 4.79 Å². The molecule has 0 saturated carbocycles. The largest absolute Gasteiger partial charge is 0.450 e. The molecule has 2 aromatic rings. The molecule has 3 rings (SSSR count). The molecule has 1 fully saturated rings. The van der Waals surface area contributed by atoms with E-state index in [-0.39, 0.29) is 18.0 Å². The summed E-state index contributed by atoms with van der Waals surface area (Å²) >= 11 is 0. The average Bonchev–Trinajstić information content (AvgIpc) is 3.05. The number of carbonyl (C=O) groups is 2. The maximum absolute atomic E-state index is 12.7. The number of ether oxygens (including phenoxy) is 1. The third kappa shape index (κ3) is 3.42. The van der Waals surface area contributed by atoms with Crippen LogP contribution in [0.1, 0.15) is 37.2 Å². The third-order valence-electron chi connectivity index (χ3n) is 4.31. The number of piperazine rings is 1. The molecule has 25 heavy (non-hydrogen) atoms. The molecule has 8 nitrogen and oxygen atoms in total. The molecule has 0 atom stereocenters. The van der Waals surface area contributed by atoms with Gasteiger partial charge in [-0.3, -0.25) is 4.79 Å². The fourth-order valence-corrected chi connectivity index (χ4v) is 2.90. The SMILES string of the molecule is CCOC(=O)N1CCN(C(=O)c2cnc3c(c2)ncn3C(C)C)CC1. The molecule has 2 amide bonds. The minimum atomic E-state index is -0.322. The summed E-state index contributed by atoms with van der Waals surface area (Å²) in [6.45, 7) is 8.17. The van der Waals surface area contributed by atoms with Gasteiger partial charge in [-0.2, -0.15) is 0 Å². The van der Waals surface area contributed by atoms with Gasteiger partial charge in [-0.25, -0.2) is 14.8 Å². The normalized spacial score (nSPS) is 15.0. The molecular weight excluding hydrogens is 322 g/mol. The van der Waals surface area contributed by atoms with Crippen LogP contribution in [0, 0.1) is 0 Å². The van der Waals surface area contributed by atoms with Gasteiger partial charge in [-0.1, -0.05) is 0 Å². The van der Waals surface area contributed by atoms with Crippen molar-refractivity contribution < 1.29 is 14.3 Å². The molecule has 0 spiro atoms. The van der Waals surface area contributed by atoms with Gasteiger partial charge in [0.1, 0.15) is 5.52 Å². The van der Waals surface area contributed by atoms with Gasteiger partial charge in [0.15, 0.2) is 5.65 Å². The number of fused-ring (bicyclic) bond motifs is 1.